The van der Waals surface area contributed by atoms with Gasteiger partial charge in [0.1, 0.15) is 17.7 Å². The van der Waals surface area contributed by atoms with Crippen molar-refractivity contribution in [2.45, 2.75) is 64.3 Å². The zero-order valence-electron chi connectivity index (χ0n) is 21.1. The predicted octanol–water partition coefficient (Wildman–Crippen LogP) is 0.138. The fourth-order valence-corrected chi connectivity index (χ4v) is 3.33. The van der Waals surface area contributed by atoms with E-state index in [2.05, 4.69) is 21.1 Å². The van der Waals surface area contributed by atoms with E-state index in [9.17, 15) is 19.2 Å². The molecule has 1 fully saturated rings. The number of epoxide rings is 1. The average molecular weight is 497 g/mol. The molecule has 0 spiro atoms. The molecule has 3 amide bonds. The maximum atomic E-state index is 13.1. The highest BCUT2D eigenvalue weighted by Crippen LogP contribution is 2.29. The second-order valence-corrected chi connectivity index (χ2v) is 9.25. The van der Waals surface area contributed by atoms with Gasteiger partial charge in [-0.15, -0.1) is 0 Å². The van der Waals surface area contributed by atoms with E-state index in [0.717, 1.165) is 6.42 Å². The van der Waals surface area contributed by atoms with Gasteiger partial charge in [0.15, 0.2) is 5.78 Å². The molecule has 2 heterocycles. The summed E-state index contributed by atoms with van der Waals surface area (Å²) in [4.78, 5) is 51.3. The van der Waals surface area contributed by atoms with E-state index >= 15 is 0 Å². The van der Waals surface area contributed by atoms with Crippen molar-refractivity contribution in [3.8, 4) is 0 Å². The van der Waals surface area contributed by atoms with Crippen LogP contribution in [0.15, 0.2) is 10.6 Å². The number of carbonyl (C=O) groups is 4. The van der Waals surface area contributed by atoms with Crippen molar-refractivity contribution in [1.82, 2.24) is 21.1 Å². The molecule has 0 radical (unpaired) electrons. The summed E-state index contributed by atoms with van der Waals surface area (Å²) < 4.78 is 20.4. The molecule has 1 aliphatic heterocycles. The van der Waals surface area contributed by atoms with E-state index in [-0.39, 0.29) is 24.8 Å². The number of hydrogen-bond acceptors (Lipinski definition) is 9. The molecule has 1 aromatic heterocycles. The minimum absolute atomic E-state index is 0.0649. The minimum atomic E-state index is -1.12. The van der Waals surface area contributed by atoms with Gasteiger partial charge in [0.25, 0.3) is 5.91 Å². The van der Waals surface area contributed by atoms with E-state index in [1.54, 1.807) is 13.8 Å². The van der Waals surface area contributed by atoms with Crippen LogP contribution in [0.4, 0.5) is 0 Å². The Labute approximate surface area is 204 Å². The lowest BCUT2D eigenvalue weighted by Crippen LogP contribution is -2.58. The molecule has 1 saturated heterocycles. The molecule has 196 valence electrons. The van der Waals surface area contributed by atoms with Crippen LogP contribution in [0.2, 0.25) is 0 Å². The second kappa shape index (κ2) is 12.8. The minimum Gasteiger partial charge on any atom is -0.382 e. The number of aromatic nitrogens is 1. The van der Waals surface area contributed by atoms with Crippen molar-refractivity contribution in [3.05, 3.63) is 17.5 Å². The van der Waals surface area contributed by atoms with Gasteiger partial charge in [-0.1, -0.05) is 19.0 Å². The lowest BCUT2D eigenvalue weighted by atomic mass is 9.94. The summed E-state index contributed by atoms with van der Waals surface area (Å²) in [6.45, 7) is 7.40. The Bertz CT molecular complexity index is 896. The van der Waals surface area contributed by atoms with Gasteiger partial charge in [0.2, 0.25) is 17.6 Å². The number of aryl methyl sites for hydroxylation is 1. The summed E-state index contributed by atoms with van der Waals surface area (Å²) in [6.07, 6.45) is 1.16. The number of ether oxygens (including phenoxy) is 3. The Morgan fingerprint density at radius 2 is 1.54 bits per heavy atom. The lowest BCUT2D eigenvalue weighted by molar-refractivity contribution is -0.134. The quantitative estimate of drug-likeness (QED) is 0.287. The first-order chi connectivity index (χ1) is 16.5. The van der Waals surface area contributed by atoms with Crippen molar-refractivity contribution < 1.29 is 37.9 Å². The molecule has 0 aromatic carbocycles. The number of nitrogens with one attached hydrogen (secondary N) is 3. The van der Waals surface area contributed by atoms with E-state index in [1.165, 1.54) is 20.3 Å². The summed E-state index contributed by atoms with van der Waals surface area (Å²) in [5, 5.41) is 11.5. The van der Waals surface area contributed by atoms with Gasteiger partial charge in [-0.25, -0.2) is 0 Å². The highest BCUT2D eigenvalue weighted by Gasteiger charge is 2.50. The maximum Gasteiger partial charge on any atom is 0.290 e. The summed E-state index contributed by atoms with van der Waals surface area (Å²) in [6, 6.07) is -1.57. The van der Waals surface area contributed by atoms with Crippen LogP contribution in [-0.4, -0.2) is 86.4 Å². The molecule has 3 N–H and O–H groups in total. The smallest absolute Gasteiger partial charge is 0.290 e. The molecule has 4 atom stereocenters. The molecule has 1 aliphatic rings. The summed E-state index contributed by atoms with van der Waals surface area (Å²) >= 11 is 0. The summed E-state index contributed by atoms with van der Waals surface area (Å²) in [5.74, 6) is -1.86. The molecule has 0 aliphatic carbocycles. The first-order valence-electron chi connectivity index (χ1n) is 11.5. The standard InChI is InChI=1S/C23H36N4O8/c1-13(2)7-8-15(19(28)23(4)12-34-23)24-20(29)16(10-32-5)25-21(30)17(11-33-6)26-22(31)18-9-14(3)27-35-18/h9,13,15-17H,7-8,10-12H2,1-6H3,(H,24,29)(H,25,30)(H,26,31)/t15-,16-,17-,23+/m0/s1. The first kappa shape index (κ1) is 28.4. The van der Waals surface area contributed by atoms with Crippen LogP contribution in [0.1, 0.15) is 49.9 Å². The number of carbonyl (C=O) groups excluding carboxylic acids is 4. The largest absolute Gasteiger partial charge is 0.382 e. The number of Topliss-reactive ketones (excluding diaryl/α,β-unsaturated/α-hetero) is 1. The highest BCUT2D eigenvalue weighted by atomic mass is 16.6. The average Bonchev–Trinajstić information content (AvgIpc) is 3.40. The second-order valence-electron chi connectivity index (χ2n) is 9.25. The van der Waals surface area contributed by atoms with Crippen LogP contribution in [-0.2, 0) is 28.6 Å². The van der Waals surface area contributed by atoms with E-state index in [0.29, 0.717) is 24.6 Å². The van der Waals surface area contributed by atoms with Gasteiger partial charge in [-0.3, -0.25) is 19.2 Å². The van der Waals surface area contributed by atoms with Crippen LogP contribution in [0.3, 0.4) is 0 Å². The van der Waals surface area contributed by atoms with Gasteiger partial charge in [-0.2, -0.15) is 0 Å². The van der Waals surface area contributed by atoms with E-state index in [1.807, 2.05) is 13.8 Å². The number of nitrogens with zero attached hydrogens (tertiary/aromatic N) is 1. The zero-order chi connectivity index (χ0) is 26.2. The van der Waals surface area contributed by atoms with Crippen LogP contribution in [0, 0.1) is 12.8 Å². The monoisotopic (exact) mass is 496 g/mol. The molecule has 12 nitrogen and oxygen atoms in total. The Balaban J connectivity index is 2.08. The van der Waals surface area contributed by atoms with Crippen LogP contribution in [0.5, 0.6) is 0 Å². The van der Waals surface area contributed by atoms with Crippen LogP contribution in [0.25, 0.3) is 0 Å². The van der Waals surface area contributed by atoms with Crippen molar-refractivity contribution in [1.29, 1.82) is 0 Å². The lowest BCUT2D eigenvalue weighted by Gasteiger charge is -2.25. The number of amides is 3. The molecular weight excluding hydrogens is 460 g/mol. The Hall–Kier alpha value is -2.83. The molecule has 0 saturated carbocycles. The van der Waals surface area contributed by atoms with E-state index in [4.69, 9.17) is 18.7 Å². The maximum absolute atomic E-state index is 13.1. The first-order valence-corrected chi connectivity index (χ1v) is 11.5. The number of rotatable bonds is 15. The topological polar surface area (TPSA) is 161 Å². The third-order valence-electron chi connectivity index (χ3n) is 5.54. The van der Waals surface area contributed by atoms with Gasteiger partial charge >= 0.3 is 0 Å². The molecule has 0 bridgehead atoms. The van der Waals surface area contributed by atoms with Gasteiger partial charge < -0.3 is 34.7 Å². The number of hydrogen-bond donors (Lipinski definition) is 3. The zero-order valence-corrected chi connectivity index (χ0v) is 21.1. The third-order valence-corrected chi connectivity index (χ3v) is 5.54. The third kappa shape index (κ3) is 8.41. The van der Waals surface area contributed by atoms with Gasteiger partial charge in [0, 0.05) is 20.3 Å². The van der Waals surface area contributed by atoms with Crippen LogP contribution >= 0.6 is 0 Å². The molecular formula is C23H36N4O8. The fraction of sp³-hybridized carbons (Fsp3) is 0.696. The van der Waals surface area contributed by atoms with Crippen molar-refractivity contribution in [3.63, 3.8) is 0 Å². The number of ketones is 1. The van der Waals surface area contributed by atoms with Gasteiger partial charge in [-0.05, 0) is 32.6 Å². The highest BCUT2D eigenvalue weighted by molar-refractivity contribution is 5.99. The molecule has 0 unspecified atom stereocenters. The molecule has 2 rings (SSSR count). The van der Waals surface area contributed by atoms with Crippen molar-refractivity contribution in [2.24, 2.45) is 5.92 Å². The molecule has 1 aromatic rings. The Kier molecular flexibility index (Phi) is 10.3. The Morgan fingerprint density at radius 3 is 2.00 bits per heavy atom. The number of methoxy groups -OCH3 is 2. The van der Waals surface area contributed by atoms with Crippen molar-refractivity contribution >= 4 is 23.5 Å². The van der Waals surface area contributed by atoms with E-state index < -0.39 is 41.4 Å². The van der Waals surface area contributed by atoms with Crippen LogP contribution < -0.4 is 16.0 Å². The Morgan fingerprint density at radius 1 is 1.00 bits per heavy atom. The predicted molar refractivity (Wildman–Crippen MR) is 124 cm³/mol. The molecule has 35 heavy (non-hydrogen) atoms. The van der Waals surface area contributed by atoms with Gasteiger partial charge in [0.05, 0.1) is 31.6 Å². The normalized spacial score (nSPS) is 19.5. The summed E-state index contributed by atoms with van der Waals surface area (Å²) in [5.41, 5.74) is -0.395. The summed E-state index contributed by atoms with van der Waals surface area (Å²) in [7, 11) is 2.75. The SMILES string of the molecule is COC[C@H](NC(=O)c1cc(C)no1)C(=O)N[C@@H](COC)C(=O)N[C@@H](CCC(C)C)C(=O)[C@@]1(C)CO1. The molecule has 12 heteroatoms. The fourth-order valence-electron chi connectivity index (χ4n) is 3.33. The van der Waals surface area contributed by atoms with Crippen molar-refractivity contribution in [2.75, 3.05) is 34.0 Å².